The Morgan fingerprint density at radius 3 is 2.79 bits per heavy atom. The molecule has 0 aliphatic carbocycles. The lowest BCUT2D eigenvalue weighted by molar-refractivity contribution is -0.137. The first kappa shape index (κ1) is 19.7. The molecule has 1 N–H and O–H groups in total. The predicted molar refractivity (Wildman–Crippen MR) is 100 cm³/mol. The van der Waals surface area contributed by atoms with Crippen LogP contribution >= 0.6 is 0 Å². The van der Waals surface area contributed by atoms with Gasteiger partial charge in [-0.3, -0.25) is 14.4 Å². The van der Waals surface area contributed by atoms with Crippen molar-refractivity contribution in [3.63, 3.8) is 0 Å². The van der Waals surface area contributed by atoms with Crippen molar-refractivity contribution in [2.24, 2.45) is 5.92 Å². The van der Waals surface area contributed by atoms with Gasteiger partial charge in [0.15, 0.2) is 5.69 Å². The maximum atomic E-state index is 14.2. The van der Waals surface area contributed by atoms with Gasteiger partial charge in [0.1, 0.15) is 11.5 Å². The summed E-state index contributed by atoms with van der Waals surface area (Å²) in [7, 11) is 0. The molecule has 2 aromatic rings. The van der Waals surface area contributed by atoms with E-state index in [9.17, 15) is 18.8 Å². The highest BCUT2D eigenvalue weighted by molar-refractivity contribution is 5.92. The van der Waals surface area contributed by atoms with Gasteiger partial charge in [-0.2, -0.15) is 5.10 Å². The Hall–Kier alpha value is -3.03. The van der Waals surface area contributed by atoms with Crippen LogP contribution in [0.3, 0.4) is 0 Å². The van der Waals surface area contributed by atoms with Gasteiger partial charge in [-0.15, -0.1) is 0 Å². The molecule has 0 spiro atoms. The zero-order valence-corrected chi connectivity index (χ0v) is 15.6. The highest BCUT2D eigenvalue weighted by Crippen LogP contribution is 2.22. The van der Waals surface area contributed by atoms with E-state index in [0.29, 0.717) is 25.2 Å². The molecular weight excluding hydrogens is 365 g/mol. The van der Waals surface area contributed by atoms with E-state index in [1.165, 1.54) is 22.9 Å². The topological polar surface area (TPSA) is 92.5 Å². The Kier molecular flexibility index (Phi) is 5.87. The Labute approximate surface area is 161 Å². The average molecular weight is 387 g/mol. The smallest absolute Gasteiger partial charge is 0.303 e. The van der Waals surface area contributed by atoms with Gasteiger partial charge in [0.05, 0.1) is 0 Å². The molecule has 0 saturated carbocycles. The first-order valence-corrected chi connectivity index (χ1v) is 9.23. The monoisotopic (exact) mass is 387 g/mol. The number of carboxylic acids is 1. The fraction of sp³-hybridized carbons (Fsp3) is 0.400. The molecule has 1 amide bonds. The SMILES string of the molecule is Cc1cc(=O)c(C(=O)N2CCCC(CCC(=O)O)C2)nn1-c1ccccc1F. The molecular formula is C20H22FN3O4. The average Bonchev–Trinajstić information content (AvgIpc) is 2.67. The zero-order chi connectivity index (χ0) is 20.3. The molecule has 1 aromatic heterocycles. The number of aliphatic carboxylic acids is 1. The summed E-state index contributed by atoms with van der Waals surface area (Å²) in [5.74, 6) is -1.80. The van der Waals surface area contributed by atoms with E-state index in [1.54, 1.807) is 24.0 Å². The molecule has 2 heterocycles. The summed E-state index contributed by atoms with van der Waals surface area (Å²) < 4.78 is 15.4. The number of nitrogens with zero attached hydrogens (tertiary/aromatic N) is 3. The van der Waals surface area contributed by atoms with Crippen LogP contribution in [0.25, 0.3) is 5.69 Å². The second-order valence-electron chi connectivity index (χ2n) is 7.05. The van der Waals surface area contributed by atoms with Crippen LogP contribution in [0.1, 0.15) is 41.9 Å². The summed E-state index contributed by atoms with van der Waals surface area (Å²) in [4.78, 5) is 37.7. The number of carbonyl (C=O) groups excluding carboxylic acids is 1. The number of hydrogen-bond acceptors (Lipinski definition) is 4. The Morgan fingerprint density at radius 2 is 2.07 bits per heavy atom. The van der Waals surface area contributed by atoms with Gasteiger partial charge in [-0.05, 0) is 44.2 Å². The number of rotatable bonds is 5. The first-order chi connectivity index (χ1) is 13.4. The molecule has 1 aromatic carbocycles. The largest absolute Gasteiger partial charge is 0.481 e. The molecule has 3 rings (SSSR count). The summed E-state index contributed by atoms with van der Waals surface area (Å²) in [6.07, 6.45) is 2.12. The van der Waals surface area contributed by atoms with Crippen LogP contribution in [0, 0.1) is 18.7 Å². The second-order valence-corrected chi connectivity index (χ2v) is 7.05. The van der Waals surface area contributed by atoms with Gasteiger partial charge < -0.3 is 10.0 Å². The minimum atomic E-state index is -0.864. The lowest BCUT2D eigenvalue weighted by atomic mass is 9.93. The fourth-order valence-electron chi connectivity index (χ4n) is 3.53. The van der Waals surface area contributed by atoms with Crippen molar-refractivity contribution < 1.29 is 19.1 Å². The minimum Gasteiger partial charge on any atom is -0.481 e. The van der Waals surface area contributed by atoms with Crippen molar-refractivity contribution in [1.29, 1.82) is 0 Å². The van der Waals surface area contributed by atoms with Crippen LogP contribution < -0.4 is 5.43 Å². The van der Waals surface area contributed by atoms with Gasteiger partial charge in [0, 0.05) is 31.3 Å². The minimum absolute atomic E-state index is 0.0512. The molecule has 1 unspecified atom stereocenters. The molecule has 1 aliphatic rings. The molecule has 28 heavy (non-hydrogen) atoms. The number of carbonyl (C=O) groups is 2. The lowest BCUT2D eigenvalue weighted by Crippen LogP contribution is -2.42. The standard InChI is InChI=1S/C20H22FN3O4/c1-13-11-17(25)19(22-24(13)16-7-3-2-6-15(16)21)20(28)23-10-4-5-14(12-23)8-9-18(26)27/h2-3,6-7,11,14H,4-5,8-10,12H2,1H3,(H,26,27). The number of aryl methyl sites for hydroxylation is 1. The molecule has 1 aliphatic heterocycles. The van der Waals surface area contributed by atoms with E-state index in [0.717, 1.165) is 12.8 Å². The van der Waals surface area contributed by atoms with E-state index < -0.39 is 23.1 Å². The van der Waals surface area contributed by atoms with Gasteiger partial charge in [-0.25, -0.2) is 9.07 Å². The number of aromatic nitrogens is 2. The van der Waals surface area contributed by atoms with Crippen molar-refractivity contribution in [2.75, 3.05) is 13.1 Å². The summed E-state index contributed by atoms with van der Waals surface area (Å²) >= 11 is 0. The lowest BCUT2D eigenvalue weighted by Gasteiger charge is -2.32. The van der Waals surface area contributed by atoms with Crippen LogP contribution in [0.2, 0.25) is 0 Å². The van der Waals surface area contributed by atoms with Crippen molar-refractivity contribution in [3.8, 4) is 5.69 Å². The second kappa shape index (κ2) is 8.33. The molecule has 1 atom stereocenters. The van der Waals surface area contributed by atoms with E-state index >= 15 is 0 Å². The van der Waals surface area contributed by atoms with Crippen LogP contribution in [0.15, 0.2) is 35.1 Å². The van der Waals surface area contributed by atoms with Gasteiger partial charge >= 0.3 is 5.97 Å². The molecule has 8 heteroatoms. The first-order valence-electron chi connectivity index (χ1n) is 9.23. The predicted octanol–water partition coefficient (Wildman–Crippen LogP) is 2.40. The van der Waals surface area contributed by atoms with Crippen LogP contribution in [-0.2, 0) is 4.79 Å². The van der Waals surface area contributed by atoms with Crippen molar-refractivity contribution in [3.05, 3.63) is 57.8 Å². The summed E-state index contributed by atoms with van der Waals surface area (Å²) in [5, 5.41) is 13.0. The third-order valence-electron chi connectivity index (χ3n) is 4.96. The normalized spacial score (nSPS) is 16.8. The third-order valence-corrected chi connectivity index (χ3v) is 4.96. The number of benzene rings is 1. The molecule has 0 bridgehead atoms. The van der Waals surface area contributed by atoms with Gasteiger partial charge in [0.25, 0.3) is 5.91 Å². The van der Waals surface area contributed by atoms with E-state index in [2.05, 4.69) is 5.10 Å². The van der Waals surface area contributed by atoms with Crippen LogP contribution in [0.5, 0.6) is 0 Å². The highest BCUT2D eigenvalue weighted by atomic mass is 19.1. The molecule has 148 valence electrons. The van der Waals surface area contributed by atoms with Crippen LogP contribution in [0.4, 0.5) is 4.39 Å². The number of piperidine rings is 1. The number of amides is 1. The maximum Gasteiger partial charge on any atom is 0.303 e. The van der Waals surface area contributed by atoms with E-state index in [4.69, 9.17) is 5.11 Å². The number of hydrogen-bond donors (Lipinski definition) is 1. The maximum absolute atomic E-state index is 14.2. The Morgan fingerprint density at radius 1 is 1.32 bits per heavy atom. The quantitative estimate of drug-likeness (QED) is 0.850. The van der Waals surface area contributed by atoms with Crippen molar-refractivity contribution >= 4 is 11.9 Å². The molecule has 1 fully saturated rings. The Bertz CT molecular complexity index is 957. The zero-order valence-electron chi connectivity index (χ0n) is 15.6. The van der Waals surface area contributed by atoms with Crippen LogP contribution in [-0.4, -0.2) is 44.8 Å². The number of halogens is 1. The van der Waals surface area contributed by atoms with Crippen molar-refractivity contribution in [1.82, 2.24) is 14.7 Å². The number of carboxylic acid groups (broad SMARTS) is 1. The summed E-state index contributed by atoms with van der Waals surface area (Å²) in [5.41, 5.74) is -0.188. The third kappa shape index (κ3) is 4.27. The van der Waals surface area contributed by atoms with Gasteiger partial charge in [-0.1, -0.05) is 12.1 Å². The summed E-state index contributed by atoms with van der Waals surface area (Å²) in [6, 6.07) is 7.29. The van der Waals surface area contributed by atoms with Gasteiger partial charge in [0.2, 0.25) is 5.43 Å². The van der Waals surface area contributed by atoms with E-state index in [1.807, 2.05) is 0 Å². The van der Waals surface area contributed by atoms with Crippen molar-refractivity contribution in [2.45, 2.75) is 32.6 Å². The fourth-order valence-corrected chi connectivity index (χ4v) is 3.53. The van der Waals surface area contributed by atoms with E-state index in [-0.39, 0.29) is 23.7 Å². The molecule has 7 nitrogen and oxygen atoms in total. The summed E-state index contributed by atoms with van der Waals surface area (Å²) in [6.45, 7) is 2.50. The highest BCUT2D eigenvalue weighted by Gasteiger charge is 2.27. The Balaban J connectivity index is 1.87. The molecule has 0 radical (unpaired) electrons. The number of para-hydroxylation sites is 1. The molecule has 1 saturated heterocycles. The number of likely N-dealkylation sites (tertiary alicyclic amines) is 1.